The second kappa shape index (κ2) is 4.69. The van der Waals surface area contributed by atoms with Crippen molar-refractivity contribution in [2.45, 2.75) is 46.2 Å². The van der Waals surface area contributed by atoms with Crippen molar-refractivity contribution >= 4 is 5.57 Å². The Morgan fingerprint density at radius 1 is 1.05 bits per heavy atom. The van der Waals surface area contributed by atoms with Gasteiger partial charge in [0, 0.05) is 0 Å². The van der Waals surface area contributed by atoms with Gasteiger partial charge in [-0.15, -0.1) is 0 Å². The number of allylic oxidation sites excluding steroid dienone is 2. The fourth-order valence-electron chi connectivity index (χ4n) is 3.09. The van der Waals surface area contributed by atoms with Crippen molar-refractivity contribution in [2.24, 2.45) is 5.41 Å². The van der Waals surface area contributed by atoms with Crippen molar-refractivity contribution in [1.29, 1.82) is 0 Å². The van der Waals surface area contributed by atoms with E-state index in [1.807, 2.05) is 0 Å². The first kappa shape index (κ1) is 14.2. The second-order valence-electron chi connectivity index (χ2n) is 5.97. The Bertz CT molecular complexity index is 490. The predicted molar refractivity (Wildman–Crippen MR) is 71.7 cm³/mol. The van der Waals surface area contributed by atoms with Gasteiger partial charge in [0.05, 0.1) is 5.56 Å². The lowest BCUT2D eigenvalue weighted by Gasteiger charge is -2.35. The highest BCUT2D eigenvalue weighted by Gasteiger charge is 2.32. The molecule has 0 aliphatic heterocycles. The number of halogens is 3. The highest BCUT2D eigenvalue weighted by atomic mass is 19.4. The number of hydrogen-bond acceptors (Lipinski definition) is 0. The van der Waals surface area contributed by atoms with Crippen molar-refractivity contribution in [1.82, 2.24) is 0 Å². The van der Waals surface area contributed by atoms with Gasteiger partial charge in [-0.2, -0.15) is 13.2 Å². The molecule has 0 spiro atoms. The molecule has 0 fully saturated rings. The van der Waals surface area contributed by atoms with Crippen LogP contribution in [0.2, 0.25) is 0 Å². The maximum absolute atomic E-state index is 12.6. The van der Waals surface area contributed by atoms with Crippen LogP contribution < -0.4 is 0 Å². The molecule has 0 saturated carbocycles. The number of benzene rings is 1. The van der Waals surface area contributed by atoms with Crippen LogP contribution in [0.15, 0.2) is 29.8 Å². The van der Waals surface area contributed by atoms with Crippen LogP contribution in [-0.2, 0) is 6.18 Å². The molecular weight excluding hydrogens is 249 g/mol. The van der Waals surface area contributed by atoms with Crippen molar-refractivity contribution in [3.8, 4) is 0 Å². The predicted octanol–water partition coefficient (Wildman–Crippen LogP) is 5.69. The third-order valence-corrected chi connectivity index (χ3v) is 3.96. The monoisotopic (exact) mass is 268 g/mol. The molecule has 0 N–H and O–H groups in total. The normalized spacial score (nSPS) is 19.7. The topological polar surface area (TPSA) is 0 Å². The Labute approximate surface area is 112 Å². The van der Waals surface area contributed by atoms with Gasteiger partial charge in [-0.05, 0) is 54.9 Å². The SMILES string of the molecule is CC1=C(c2ccc(C(F)(F)F)cc2)C(C)(C)CCC1. The van der Waals surface area contributed by atoms with Gasteiger partial charge < -0.3 is 0 Å². The molecule has 0 heterocycles. The van der Waals surface area contributed by atoms with Crippen LogP contribution in [0.25, 0.3) is 5.57 Å². The molecule has 104 valence electrons. The molecule has 1 aromatic rings. The standard InChI is InChI=1S/C16H19F3/c1-11-5-4-10-15(2,3)14(11)12-6-8-13(9-7-12)16(17,18)19/h6-9H,4-5,10H2,1-3H3. The summed E-state index contributed by atoms with van der Waals surface area (Å²) >= 11 is 0. The number of alkyl halides is 3. The van der Waals surface area contributed by atoms with Crippen LogP contribution >= 0.6 is 0 Å². The van der Waals surface area contributed by atoms with Gasteiger partial charge in [0.25, 0.3) is 0 Å². The number of rotatable bonds is 1. The summed E-state index contributed by atoms with van der Waals surface area (Å²) in [7, 11) is 0. The van der Waals surface area contributed by atoms with Crippen molar-refractivity contribution < 1.29 is 13.2 Å². The van der Waals surface area contributed by atoms with Crippen molar-refractivity contribution in [3.63, 3.8) is 0 Å². The Kier molecular flexibility index (Phi) is 3.50. The van der Waals surface area contributed by atoms with E-state index >= 15 is 0 Å². The molecule has 0 amide bonds. The molecule has 0 atom stereocenters. The van der Waals surface area contributed by atoms with E-state index in [1.54, 1.807) is 12.1 Å². The fourth-order valence-corrected chi connectivity index (χ4v) is 3.09. The Morgan fingerprint density at radius 2 is 1.63 bits per heavy atom. The molecule has 0 aromatic heterocycles. The largest absolute Gasteiger partial charge is 0.416 e. The average Bonchev–Trinajstić information content (AvgIpc) is 2.27. The molecule has 2 rings (SSSR count). The van der Waals surface area contributed by atoms with E-state index in [-0.39, 0.29) is 5.41 Å². The summed E-state index contributed by atoms with van der Waals surface area (Å²) in [4.78, 5) is 0. The van der Waals surface area contributed by atoms with Gasteiger partial charge in [-0.3, -0.25) is 0 Å². The van der Waals surface area contributed by atoms with Gasteiger partial charge in [0.1, 0.15) is 0 Å². The molecule has 0 bridgehead atoms. The first-order valence-corrected chi connectivity index (χ1v) is 6.60. The van der Waals surface area contributed by atoms with Gasteiger partial charge >= 0.3 is 6.18 Å². The molecule has 0 unspecified atom stereocenters. The summed E-state index contributed by atoms with van der Waals surface area (Å²) in [6.45, 7) is 6.43. The van der Waals surface area contributed by atoms with Crippen LogP contribution in [0, 0.1) is 5.41 Å². The molecule has 19 heavy (non-hydrogen) atoms. The maximum atomic E-state index is 12.6. The van der Waals surface area contributed by atoms with E-state index in [9.17, 15) is 13.2 Å². The fraction of sp³-hybridized carbons (Fsp3) is 0.500. The van der Waals surface area contributed by atoms with Crippen molar-refractivity contribution in [2.75, 3.05) is 0 Å². The molecular formula is C16H19F3. The van der Waals surface area contributed by atoms with Crippen molar-refractivity contribution in [3.05, 3.63) is 41.0 Å². The van der Waals surface area contributed by atoms with E-state index < -0.39 is 11.7 Å². The minimum atomic E-state index is -4.26. The summed E-state index contributed by atoms with van der Waals surface area (Å²) in [5, 5.41) is 0. The molecule has 0 saturated heterocycles. The zero-order chi connectivity index (χ0) is 14.3. The summed E-state index contributed by atoms with van der Waals surface area (Å²) in [6, 6.07) is 5.57. The van der Waals surface area contributed by atoms with E-state index in [2.05, 4.69) is 20.8 Å². The van der Waals surface area contributed by atoms with Gasteiger partial charge in [0.2, 0.25) is 0 Å². The van der Waals surface area contributed by atoms with Crippen LogP contribution in [0.4, 0.5) is 13.2 Å². The molecule has 3 heteroatoms. The molecule has 0 nitrogen and oxygen atoms in total. The lowest BCUT2D eigenvalue weighted by atomic mass is 9.70. The first-order chi connectivity index (χ1) is 8.72. The smallest absolute Gasteiger partial charge is 0.166 e. The Balaban J connectivity index is 2.42. The zero-order valence-corrected chi connectivity index (χ0v) is 11.6. The van der Waals surface area contributed by atoms with Gasteiger partial charge in [-0.25, -0.2) is 0 Å². The lowest BCUT2D eigenvalue weighted by Crippen LogP contribution is -2.19. The summed E-state index contributed by atoms with van der Waals surface area (Å²) < 4.78 is 37.7. The summed E-state index contributed by atoms with van der Waals surface area (Å²) in [5.74, 6) is 0. The van der Waals surface area contributed by atoms with Gasteiger partial charge in [0.15, 0.2) is 0 Å². The third kappa shape index (κ3) is 2.85. The van der Waals surface area contributed by atoms with E-state index in [0.717, 1.165) is 24.8 Å². The van der Waals surface area contributed by atoms with Crippen LogP contribution in [0.3, 0.4) is 0 Å². The average molecular weight is 268 g/mol. The first-order valence-electron chi connectivity index (χ1n) is 6.60. The second-order valence-corrected chi connectivity index (χ2v) is 5.97. The summed E-state index contributed by atoms with van der Waals surface area (Å²) in [6.07, 6.45) is -0.979. The summed E-state index contributed by atoms with van der Waals surface area (Å²) in [5.41, 5.74) is 2.91. The van der Waals surface area contributed by atoms with E-state index in [4.69, 9.17) is 0 Å². The van der Waals surface area contributed by atoms with E-state index in [1.165, 1.54) is 23.3 Å². The molecule has 0 radical (unpaired) electrons. The van der Waals surface area contributed by atoms with Crippen LogP contribution in [0.5, 0.6) is 0 Å². The van der Waals surface area contributed by atoms with Crippen LogP contribution in [0.1, 0.15) is 51.2 Å². The molecule has 1 aliphatic rings. The minimum Gasteiger partial charge on any atom is -0.166 e. The third-order valence-electron chi connectivity index (χ3n) is 3.96. The van der Waals surface area contributed by atoms with Gasteiger partial charge in [-0.1, -0.05) is 31.6 Å². The Morgan fingerprint density at radius 3 is 2.11 bits per heavy atom. The molecule has 1 aliphatic carbocycles. The number of hydrogen-bond donors (Lipinski definition) is 0. The highest BCUT2D eigenvalue weighted by molar-refractivity contribution is 5.73. The molecule has 1 aromatic carbocycles. The van der Waals surface area contributed by atoms with Crippen LogP contribution in [-0.4, -0.2) is 0 Å². The lowest BCUT2D eigenvalue weighted by molar-refractivity contribution is -0.137. The zero-order valence-electron chi connectivity index (χ0n) is 11.6. The Hall–Kier alpha value is -1.25. The highest BCUT2D eigenvalue weighted by Crippen LogP contribution is 2.46. The minimum absolute atomic E-state index is 0.0437. The maximum Gasteiger partial charge on any atom is 0.416 e. The van der Waals surface area contributed by atoms with E-state index in [0.29, 0.717) is 0 Å². The quantitative estimate of drug-likeness (QED) is 0.614.